The van der Waals surface area contributed by atoms with E-state index in [2.05, 4.69) is 15.4 Å². The van der Waals surface area contributed by atoms with Crippen molar-refractivity contribution in [2.45, 2.75) is 24.4 Å². The summed E-state index contributed by atoms with van der Waals surface area (Å²) in [5.41, 5.74) is 2.03. The molecular formula is C22H24BN3O4S2. The van der Waals surface area contributed by atoms with Gasteiger partial charge in [-0.3, -0.25) is 0 Å². The monoisotopic (exact) mass is 469 g/mol. The Labute approximate surface area is 192 Å². The van der Waals surface area contributed by atoms with Crippen LogP contribution in [0, 0.1) is 0 Å². The molecule has 0 saturated carbocycles. The Balaban J connectivity index is 1.60. The number of hydrogen-bond donors (Lipinski definition) is 3. The van der Waals surface area contributed by atoms with Crippen LogP contribution in [0.3, 0.4) is 0 Å². The number of carbonyl (C=O) groups is 1. The maximum Gasteiger partial charge on any atom is 0.240 e. The summed E-state index contributed by atoms with van der Waals surface area (Å²) in [7, 11) is -2.83. The van der Waals surface area contributed by atoms with Crippen LogP contribution >= 0.6 is 11.3 Å². The first-order valence-electron chi connectivity index (χ1n) is 10.1. The number of rotatable bonds is 11. The number of sulfonamides is 1. The third kappa shape index (κ3) is 6.43. The van der Waals surface area contributed by atoms with Gasteiger partial charge in [0.2, 0.25) is 10.0 Å². The molecule has 10 heteroatoms. The summed E-state index contributed by atoms with van der Waals surface area (Å²) in [6, 6.07) is 19.1. The summed E-state index contributed by atoms with van der Waals surface area (Å²) in [6.45, 7) is 2.40. The minimum absolute atomic E-state index is 0.157. The summed E-state index contributed by atoms with van der Waals surface area (Å²) in [4.78, 5) is 14.3. The number of carbonyl (C=O) groups excluding carboxylic acids is 1. The van der Waals surface area contributed by atoms with E-state index < -0.39 is 16.1 Å². The molecule has 1 heterocycles. The fourth-order valence-corrected chi connectivity index (χ4v) is 5.34. The largest absolute Gasteiger partial charge is 0.240 e. The van der Waals surface area contributed by atoms with Crippen molar-refractivity contribution in [3.8, 4) is 10.4 Å². The van der Waals surface area contributed by atoms with Gasteiger partial charge >= 0.3 is 127 Å². The minimum Gasteiger partial charge on any atom is -0.207 e. The molecule has 0 fully saturated rings. The van der Waals surface area contributed by atoms with Crippen molar-refractivity contribution in [1.29, 1.82) is 0 Å². The molecule has 3 rings (SSSR count). The van der Waals surface area contributed by atoms with Crippen LogP contribution < -0.4 is 15.4 Å². The maximum atomic E-state index is 12.6. The normalized spacial score (nSPS) is 12.2. The Hall–Kier alpha value is -2.66. The minimum atomic E-state index is -3.64. The predicted octanol–water partition coefficient (Wildman–Crippen LogP) is 2.61. The van der Waals surface area contributed by atoms with Gasteiger partial charge in [0, 0.05) is 0 Å². The van der Waals surface area contributed by atoms with E-state index in [1.807, 2.05) is 30.3 Å². The topological polar surface area (TPSA) is 104 Å². The van der Waals surface area contributed by atoms with Gasteiger partial charge in [0.15, 0.2) is 0 Å². The van der Waals surface area contributed by atoms with Crippen LogP contribution in [0.25, 0.3) is 10.4 Å². The van der Waals surface area contributed by atoms with Gasteiger partial charge in [-0.15, -0.1) is 0 Å². The van der Waals surface area contributed by atoms with Crippen LogP contribution in [0.15, 0.2) is 71.6 Å². The molecule has 1 unspecified atom stereocenters. The van der Waals surface area contributed by atoms with Gasteiger partial charge in [-0.1, -0.05) is 18.2 Å². The standard InChI is InChI=1S/C22H24BN3O4S2/c1-16(26-32(29,30)18-8-3-2-4-9-18)13-25-22(27)21-12-11-20(31-21)19-10-6-5-7-17(19)14-24-15-23-28/h2-12,16,24,26H,13-15H2,1H3,(H,25,27). The zero-order chi connectivity index (χ0) is 23.0. The SMILES string of the molecule is CC(CNC(=O)c1ccc(-c2ccccc2CNCB=O)s1)NS(=O)(=O)c1ccccc1. The quantitative estimate of drug-likeness (QED) is 0.296. The number of benzene rings is 2. The second-order valence-corrected chi connectivity index (χ2v) is 9.96. The molecule has 1 atom stereocenters. The molecular weight excluding hydrogens is 445 g/mol. The summed E-state index contributed by atoms with van der Waals surface area (Å²) in [6.07, 6.45) is 0.276. The van der Waals surface area contributed by atoms with Crippen LogP contribution in [0.4, 0.5) is 0 Å². The fraction of sp³-hybridized carbons (Fsp3) is 0.227. The number of hydrogen-bond acceptors (Lipinski definition) is 6. The van der Waals surface area contributed by atoms with Crippen molar-refractivity contribution in [3.05, 3.63) is 77.2 Å². The molecule has 0 aliphatic carbocycles. The molecule has 166 valence electrons. The van der Waals surface area contributed by atoms with Crippen molar-refractivity contribution < 1.29 is 17.9 Å². The van der Waals surface area contributed by atoms with E-state index in [1.54, 1.807) is 31.2 Å². The molecule has 0 aliphatic heterocycles. The number of amides is 1. The van der Waals surface area contributed by atoms with Gasteiger partial charge in [-0.25, -0.2) is 13.1 Å². The summed E-state index contributed by atoms with van der Waals surface area (Å²) >= 11 is 1.36. The predicted molar refractivity (Wildman–Crippen MR) is 126 cm³/mol. The molecule has 3 N–H and O–H groups in total. The summed E-state index contributed by atoms with van der Waals surface area (Å²) < 4.78 is 37.9. The third-order valence-electron chi connectivity index (χ3n) is 4.63. The van der Waals surface area contributed by atoms with Crippen LogP contribution in [0.1, 0.15) is 22.2 Å². The Kier molecular flexibility index (Phi) is 8.46. The van der Waals surface area contributed by atoms with E-state index in [0.717, 1.165) is 23.2 Å². The second-order valence-electron chi connectivity index (χ2n) is 7.16. The van der Waals surface area contributed by atoms with E-state index in [9.17, 15) is 17.9 Å². The number of thiophene rings is 1. The van der Waals surface area contributed by atoms with Crippen LogP contribution in [-0.2, 0) is 21.3 Å². The zero-order valence-electron chi connectivity index (χ0n) is 17.6. The van der Waals surface area contributed by atoms with E-state index in [0.29, 0.717) is 11.4 Å². The molecule has 2 aromatic carbocycles. The van der Waals surface area contributed by atoms with E-state index >= 15 is 0 Å². The summed E-state index contributed by atoms with van der Waals surface area (Å²) in [5.74, 6) is -0.261. The second kappa shape index (κ2) is 11.3. The molecule has 1 aromatic heterocycles. The van der Waals surface area contributed by atoms with Crippen molar-refractivity contribution in [1.82, 2.24) is 15.4 Å². The molecule has 0 radical (unpaired) electrons. The first-order valence-corrected chi connectivity index (χ1v) is 12.4. The Morgan fingerprint density at radius 1 is 1.03 bits per heavy atom. The third-order valence-corrected chi connectivity index (χ3v) is 7.36. The van der Waals surface area contributed by atoms with Gasteiger partial charge in [0.05, 0.1) is 4.90 Å². The molecule has 1 amide bonds. The van der Waals surface area contributed by atoms with Gasteiger partial charge in [-0.2, -0.15) is 0 Å². The molecule has 0 spiro atoms. The van der Waals surface area contributed by atoms with Crippen molar-refractivity contribution in [2.24, 2.45) is 0 Å². The Morgan fingerprint density at radius 3 is 2.50 bits per heavy atom. The zero-order valence-corrected chi connectivity index (χ0v) is 19.2. The molecule has 0 bridgehead atoms. The first kappa shape index (κ1) is 24.0. The van der Waals surface area contributed by atoms with Crippen molar-refractivity contribution in [2.75, 3.05) is 13.0 Å². The average molecular weight is 469 g/mol. The smallest absolute Gasteiger partial charge is 0.207 e. The van der Waals surface area contributed by atoms with Gasteiger partial charge in [0.1, 0.15) is 0 Å². The molecule has 0 saturated heterocycles. The van der Waals surface area contributed by atoms with E-state index in [-0.39, 0.29) is 23.8 Å². The van der Waals surface area contributed by atoms with Gasteiger partial charge in [0.25, 0.3) is 0 Å². The maximum absolute atomic E-state index is 12.6. The van der Waals surface area contributed by atoms with Crippen molar-refractivity contribution in [3.63, 3.8) is 0 Å². The first-order chi connectivity index (χ1) is 15.4. The van der Waals surface area contributed by atoms with Gasteiger partial charge < -0.3 is 0 Å². The van der Waals surface area contributed by atoms with Crippen molar-refractivity contribution >= 4 is 34.4 Å². The fourth-order valence-electron chi connectivity index (χ4n) is 3.09. The van der Waals surface area contributed by atoms with E-state index in [1.165, 1.54) is 23.5 Å². The Morgan fingerprint density at radius 2 is 1.75 bits per heavy atom. The van der Waals surface area contributed by atoms with Crippen LogP contribution in [-0.4, -0.2) is 40.5 Å². The molecule has 0 aliphatic rings. The van der Waals surface area contributed by atoms with Gasteiger partial charge in [-0.05, 0) is 19.1 Å². The summed E-state index contributed by atoms with van der Waals surface area (Å²) in [5, 5.41) is 5.84. The molecule has 32 heavy (non-hydrogen) atoms. The van der Waals surface area contributed by atoms with E-state index in [4.69, 9.17) is 0 Å². The average Bonchev–Trinajstić information content (AvgIpc) is 3.28. The van der Waals surface area contributed by atoms with Crippen LogP contribution in [0.5, 0.6) is 0 Å². The van der Waals surface area contributed by atoms with Crippen LogP contribution in [0.2, 0.25) is 0 Å². The molecule has 7 nitrogen and oxygen atoms in total. The Bertz CT molecular complexity index is 1170. The molecule has 3 aromatic rings. The number of nitrogens with one attached hydrogen (secondary N) is 3.